The van der Waals surface area contributed by atoms with Crippen molar-refractivity contribution in [1.29, 1.82) is 0 Å². The molecular weight excluding hydrogens is 274 g/mol. The molecule has 2 bridgehead atoms. The number of fused-ring (bicyclic) bond motifs is 2. The molecule has 1 aromatic carbocycles. The van der Waals surface area contributed by atoms with Crippen LogP contribution in [0.4, 0.5) is 0 Å². The molecule has 2 fully saturated rings. The summed E-state index contributed by atoms with van der Waals surface area (Å²) in [5.74, 6) is 1.01. The van der Waals surface area contributed by atoms with Crippen LogP contribution in [0, 0.1) is 5.92 Å². The van der Waals surface area contributed by atoms with E-state index in [1.54, 1.807) is 5.57 Å². The summed E-state index contributed by atoms with van der Waals surface area (Å²) >= 11 is 0. The highest BCUT2D eigenvalue weighted by Crippen LogP contribution is 2.41. The molecule has 3 heteroatoms. The first kappa shape index (κ1) is 14.6. The molecule has 1 saturated heterocycles. The second kappa shape index (κ2) is 5.45. The number of benzene rings is 1. The van der Waals surface area contributed by atoms with E-state index >= 15 is 0 Å². The lowest BCUT2D eigenvalue weighted by molar-refractivity contribution is 0.0654. The fourth-order valence-corrected chi connectivity index (χ4v) is 5.17. The summed E-state index contributed by atoms with van der Waals surface area (Å²) in [5, 5.41) is 0. The minimum Gasteiger partial charge on any atom is -0.332 e. The maximum absolute atomic E-state index is 12.8. The highest BCUT2D eigenvalue weighted by molar-refractivity contribution is 6.81. The normalized spacial score (nSPS) is 27.2. The van der Waals surface area contributed by atoms with Crippen LogP contribution in [0.3, 0.4) is 0 Å². The van der Waals surface area contributed by atoms with E-state index in [4.69, 9.17) is 0 Å². The lowest BCUT2D eigenvalue weighted by Crippen LogP contribution is -2.43. The Morgan fingerprint density at radius 1 is 1.24 bits per heavy atom. The van der Waals surface area contributed by atoms with Crippen LogP contribution < -0.4 is 0 Å². The number of nitrogens with zero attached hydrogens (tertiary/aromatic N) is 1. The maximum Gasteiger partial charge on any atom is 0.254 e. The number of hydrogen-bond donors (Lipinski definition) is 0. The van der Waals surface area contributed by atoms with E-state index in [-0.39, 0.29) is 5.91 Å². The summed E-state index contributed by atoms with van der Waals surface area (Å²) in [6, 6.07) is 10.1. The minimum absolute atomic E-state index is 0.211. The third-order valence-corrected chi connectivity index (χ3v) is 5.80. The average molecular weight is 299 g/mol. The van der Waals surface area contributed by atoms with Gasteiger partial charge in [-0.2, -0.15) is 0 Å². The Bertz CT molecular complexity index is 558. The van der Waals surface area contributed by atoms with Crippen LogP contribution >= 0.6 is 0 Å². The van der Waals surface area contributed by atoms with Gasteiger partial charge in [0.25, 0.3) is 5.91 Å². The van der Waals surface area contributed by atoms with Crippen LogP contribution in [0.2, 0.25) is 19.6 Å². The number of carbonyl (C=O) groups is 1. The number of hydrogen-bond acceptors (Lipinski definition) is 1. The molecule has 112 valence electrons. The molecule has 2 nitrogen and oxygen atoms in total. The zero-order valence-electron chi connectivity index (χ0n) is 13.3. The van der Waals surface area contributed by atoms with E-state index < -0.39 is 8.07 Å². The van der Waals surface area contributed by atoms with Crippen LogP contribution in [0.25, 0.3) is 0 Å². The Kier molecular flexibility index (Phi) is 3.78. The van der Waals surface area contributed by atoms with E-state index in [9.17, 15) is 4.79 Å². The van der Waals surface area contributed by atoms with Gasteiger partial charge in [-0.3, -0.25) is 4.79 Å². The van der Waals surface area contributed by atoms with Crippen molar-refractivity contribution in [3.63, 3.8) is 0 Å². The molecular formula is C18H25NOSi. The van der Waals surface area contributed by atoms with Crippen LogP contribution in [0.1, 0.15) is 29.6 Å². The third kappa shape index (κ3) is 3.13. The fraction of sp³-hybridized carbons (Fsp3) is 0.500. The maximum atomic E-state index is 12.8. The molecule has 1 heterocycles. The summed E-state index contributed by atoms with van der Waals surface area (Å²) in [4.78, 5) is 14.9. The molecule has 0 spiro atoms. The van der Waals surface area contributed by atoms with Gasteiger partial charge in [-0.25, -0.2) is 0 Å². The monoisotopic (exact) mass is 299 g/mol. The van der Waals surface area contributed by atoms with Crippen molar-refractivity contribution in [2.45, 2.75) is 44.9 Å². The summed E-state index contributed by atoms with van der Waals surface area (Å²) < 4.78 is 0. The smallest absolute Gasteiger partial charge is 0.254 e. The van der Waals surface area contributed by atoms with Gasteiger partial charge in [-0.15, -0.1) is 0 Å². The van der Waals surface area contributed by atoms with Gasteiger partial charge in [0, 0.05) is 12.1 Å². The zero-order chi connectivity index (χ0) is 15.0. The number of likely N-dealkylation sites (tertiary alicyclic amines) is 1. The summed E-state index contributed by atoms with van der Waals surface area (Å²) in [6.45, 7) is 8.06. The first-order chi connectivity index (χ1) is 9.94. The Hall–Kier alpha value is -1.35. The molecule has 1 saturated carbocycles. The van der Waals surface area contributed by atoms with Gasteiger partial charge in [-0.05, 0) is 37.3 Å². The third-order valence-electron chi connectivity index (χ3n) is 4.56. The number of carbonyl (C=O) groups excluding carboxylic acids is 1. The van der Waals surface area contributed by atoms with Crippen LogP contribution in [0.15, 0.2) is 41.6 Å². The zero-order valence-corrected chi connectivity index (χ0v) is 14.3. The van der Waals surface area contributed by atoms with Crippen molar-refractivity contribution < 1.29 is 4.79 Å². The Morgan fingerprint density at radius 2 is 1.95 bits per heavy atom. The van der Waals surface area contributed by atoms with Crippen molar-refractivity contribution in [1.82, 2.24) is 4.90 Å². The summed E-state index contributed by atoms with van der Waals surface area (Å²) in [5.41, 5.74) is 4.91. The highest BCUT2D eigenvalue weighted by atomic mass is 28.3. The van der Waals surface area contributed by atoms with Gasteiger partial charge in [0.2, 0.25) is 0 Å². The summed E-state index contributed by atoms with van der Waals surface area (Å²) in [6.07, 6.45) is 3.56. The van der Waals surface area contributed by atoms with Gasteiger partial charge in [0.1, 0.15) is 0 Å². The largest absolute Gasteiger partial charge is 0.332 e. The van der Waals surface area contributed by atoms with Crippen LogP contribution in [-0.4, -0.2) is 31.5 Å². The van der Waals surface area contributed by atoms with Gasteiger partial charge in [-0.1, -0.05) is 49.1 Å². The molecule has 1 amide bonds. The SMILES string of the molecule is C[Si](C)(C)/C=C1\C[C@@H]2CCN(C(=O)c3ccccc3)[C@H]1C2. The van der Waals surface area contributed by atoms with Gasteiger partial charge in [0.05, 0.1) is 14.1 Å². The van der Waals surface area contributed by atoms with Gasteiger partial charge >= 0.3 is 0 Å². The fourth-order valence-electron chi connectivity index (χ4n) is 3.75. The number of rotatable bonds is 2. The first-order valence-corrected chi connectivity index (χ1v) is 11.6. The minimum atomic E-state index is -1.23. The molecule has 0 N–H and O–H groups in total. The van der Waals surface area contributed by atoms with Crippen molar-refractivity contribution >= 4 is 14.0 Å². The molecule has 0 radical (unpaired) electrons. The molecule has 2 aliphatic rings. The van der Waals surface area contributed by atoms with Gasteiger partial charge < -0.3 is 4.90 Å². The Balaban J connectivity index is 1.87. The van der Waals surface area contributed by atoms with Crippen LogP contribution in [-0.2, 0) is 0 Å². The van der Waals surface area contributed by atoms with Crippen molar-refractivity contribution in [3.8, 4) is 0 Å². The standard InChI is InChI=1S/C18H25NOSi/c1-21(2,3)13-16-11-14-9-10-19(17(16)12-14)18(20)15-7-5-4-6-8-15/h4-8,13-14,17H,9-12H2,1-3H3/b16-13+/t14-,17-/m0/s1. The number of piperidine rings is 1. The van der Waals surface area contributed by atoms with Crippen molar-refractivity contribution in [2.75, 3.05) is 6.54 Å². The predicted molar refractivity (Wildman–Crippen MR) is 90.0 cm³/mol. The molecule has 21 heavy (non-hydrogen) atoms. The average Bonchev–Trinajstić information content (AvgIpc) is 2.74. The second-order valence-electron chi connectivity index (χ2n) is 7.56. The van der Waals surface area contributed by atoms with E-state index in [0.717, 1.165) is 24.4 Å². The predicted octanol–water partition coefficient (Wildman–Crippen LogP) is 4.11. The van der Waals surface area contributed by atoms with Crippen molar-refractivity contribution in [3.05, 3.63) is 47.2 Å². The molecule has 1 aliphatic carbocycles. The van der Waals surface area contributed by atoms with Gasteiger partial charge in [0.15, 0.2) is 0 Å². The lowest BCUT2D eigenvalue weighted by atomic mass is 9.98. The molecule has 2 atom stereocenters. The first-order valence-electron chi connectivity index (χ1n) is 8.02. The lowest BCUT2D eigenvalue weighted by Gasteiger charge is -2.34. The molecule has 1 aliphatic heterocycles. The molecule has 0 aromatic heterocycles. The molecule has 0 unspecified atom stereocenters. The quantitative estimate of drug-likeness (QED) is 0.752. The van der Waals surface area contributed by atoms with E-state index in [1.165, 1.54) is 12.8 Å². The summed E-state index contributed by atoms with van der Waals surface area (Å²) in [7, 11) is -1.23. The van der Waals surface area contributed by atoms with E-state index in [2.05, 4.69) is 30.2 Å². The van der Waals surface area contributed by atoms with E-state index in [1.807, 2.05) is 30.3 Å². The van der Waals surface area contributed by atoms with Crippen LogP contribution in [0.5, 0.6) is 0 Å². The van der Waals surface area contributed by atoms with E-state index in [0.29, 0.717) is 6.04 Å². The Morgan fingerprint density at radius 3 is 2.62 bits per heavy atom. The highest BCUT2D eigenvalue weighted by Gasteiger charge is 2.40. The van der Waals surface area contributed by atoms with Crippen molar-refractivity contribution in [2.24, 2.45) is 5.92 Å². The Labute approximate surface area is 128 Å². The number of amides is 1. The molecule has 3 rings (SSSR count). The topological polar surface area (TPSA) is 20.3 Å². The second-order valence-corrected chi connectivity index (χ2v) is 12.6. The molecule has 1 aromatic rings.